The number of methoxy groups -OCH3 is 2. The minimum Gasteiger partial charge on any atom is -0.495 e. The normalized spacial score (nSPS) is 19.3. The van der Waals surface area contributed by atoms with E-state index in [1.807, 2.05) is 17.8 Å². The molecule has 1 spiro atoms. The third-order valence-corrected chi connectivity index (χ3v) is 8.90. The fourth-order valence-corrected chi connectivity index (χ4v) is 6.78. The molecule has 1 saturated carbocycles. The second kappa shape index (κ2) is 8.61. The van der Waals surface area contributed by atoms with Crippen LogP contribution >= 0.6 is 23.7 Å². The van der Waals surface area contributed by atoms with Gasteiger partial charge in [-0.3, -0.25) is 0 Å². The van der Waals surface area contributed by atoms with Crippen LogP contribution in [0.5, 0.6) is 11.6 Å². The number of fused-ring (bicyclic) bond motifs is 4. The molecule has 1 aliphatic heterocycles. The van der Waals surface area contributed by atoms with Gasteiger partial charge < -0.3 is 23.6 Å². The third-order valence-electron chi connectivity index (χ3n) is 7.31. The van der Waals surface area contributed by atoms with Crippen molar-refractivity contribution in [1.82, 2.24) is 10.1 Å². The van der Waals surface area contributed by atoms with Crippen molar-refractivity contribution in [2.45, 2.75) is 42.0 Å². The molecule has 34 heavy (non-hydrogen) atoms. The number of anilines is 2. The lowest BCUT2D eigenvalue weighted by molar-refractivity contribution is 0.364. The first-order chi connectivity index (χ1) is 16.7. The van der Waals surface area contributed by atoms with Gasteiger partial charge in [-0.05, 0) is 67.6 Å². The number of hydrogen-bond acceptors (Lipinski definition) is 9. The highest BCUT2D eigenvalue weighted by atomic mass is 32.2. The van der Waals surface area contributed by atoms with E-state index in [-0.39, 0.29) is 5.41 Å². The molecule has 0 radical (unpaired) electrons. The van der Waals surface area contributed by atoms with E-state index in [0.717, 1.165) is 35.0 Å². The van der Waals surface area contributed by atoms with Crippen LogP contribution in [-0.4, -0.2) is 49.0 Å². The fourth-order valence-electron chi connectivity index (χ4n) is 5.22. The van der Waals surface area contributed by atoms with Crippen molar-refractivity contribution in [1.29, 1.82) is 0 Å². The summed E-state index contributed by atoms with van der Waals surface area (Å²) in [6, 6.07) is 9.42. The van der Waals surface area contributed by atoms with Crippen molar-refractivity contribution < 1.29 is 14.0 Å². The molecule has 6 rings (SSSR count). The average Bonchev–Trinajstić information content (AvgIpc) is 3.50. The number of pyridine rings is 1. The molecule has 2 aliphatic carbocycles. The Bertz CT molecular complexity index is 1200. The Hall–Kier alpha value is -2.52. The summed E-state index contributed by atoms with van der Waals surface area (Å²) in [5.41, 5.74) is 5.27. The molecule has 0 amide bonds. The predicted molar refractivity (Wildman–Crippen MR) is 138 cm³/mol. The van der Waals surface area contributed by atoms with Gasteiger partial charge in [0.1, 0.15) is 10.6 Å². The highest BCUT2D eigenvalue weighted by Gasteiger charge is 2.50. The van der Waals surface area contributed by atoms with Gasteiger partial charge in [-0.15, -0.1) is 0 Å². The van der Waals surface area contributed by atoms with E-state index in [1.54, 1.807) is 20.4 Å². The van der Waals surface area contributed by atoms with Crippen molar-refractivity contribution in [2.75, 3.05) is 42.4 Å². The molecular formula is C25H28N4O3S2. The van der Waals surface area contributed by atoms with Gasteiger partial charge in [-0.2, -0.15) is 11.8 Å². The van der Waals surface area contributed by atoms with Crippen molar-refractivity contribution in [3.8, 4) is 23.0 Å². The number of ether oxygens (including phenoxy) is 2. The Morgan fingerprint density at radius 1 is 1.24 bits per heavy atom. The van der Waals surface area contributed by atoms with E-state index in [2.05, 4.69) is 44.2 Å². The fraction of sp³-hybridized carbons (Fsp3) is 0.440. The van der Waals surface area contributed by atoms with Gasteiger partial charge in [-0.25, -0.2) is 4.98 Å². The van der Waals surface area contributed by atoms with Gasteiger partial charge in [0.05, 0.1) is 14.2 Å². The molecule has 0 bridgehead atoms. The standard InChI is InChI=1S/C25H28N4O3S2/c1-30-20-6-10-26-24(31-2)22(20)34-28-23-18-13-25(8-9-25)19-5-4-15(12-17(19)21(18)32-27-23)29-11-7-16(29)14-33-3/h4-6,10,12,16H,7-9,11,13-14H2,1-3H3,(H,27,28). The van der Waals surface area contributed by atoms with Crippen molar-refractivity contribution in [3.05, 3.63) is 41.6 Å². The van der Waals surface area contributed by atoms with E-state index >= 15 is 0 Å². The third kappa shape index (κ3) is 3.51. The summed E-state index contributed by atoms with van der Waals surface area (Å²) in [6.45, 7) is 1.12. The lowest BCUT2D eigenvalue weighted by Crippen LogP contribution is -2.49. The Kier molecular flexibility index (Phi) is 5.56. The molecule has 3 aliphatic rings. The van der Waals surface area contributed by atoms with Crippen LogP contribution in [0.4, 0.5) is 11.5 Å². The van der Waals surface area contributed by atoms with Crippen LogP contribution in [0.2, 0.25) is 0 Å². The molecule has 3 aromatic rings. The zero-order valence-electron chi connectivity index (χ0n) is 19.6. The molecule has 1 atom stereocenters. The maximum Gasteiger partial charge on any atom is 0.232 e. The Morgan fingerprint density at radius 3 is 2.82 bits per heavy atom. The lowest BCUT2D eigenvalue weighted by atomic mass is 9.79. The number of rotatable bonds is 8. The minimum absolute atomic E-state index is 0.213. The number of benzene rings is 1. The molecule has 178 valence electrons. The molecule has 3 heterocycles. The molecular weight excluding hydrogens is 468 g/mol. The van der Waals surface area contributed by atoms with Gasteiger partial charge in [0.15, 0.2) is 11.6 Å². The minimum atomic E-state index is 0.213. The van der Waals surface area contributed by atoms with Crippen molar-refractivity contribution in [2.24, 2.45) is 0 Å². The summed E-state index contributed by atoms with van der Waals surface area (Å²) in [7, 11) is 3.25. The first-order valence-electron chi connectivity index (χ1n) is 11.6. The Balaban J connectivity index is 1.32. The second-order valence-corrected chi connectivity index (χ2v) is 10.9. The van der Waals surface area contributed by atoms with Gasteiger partial charge in [0.2, 0.25) is 5.88 Å². The largest absolute Gasteiger partial charge is 0.495 e. The molecule has 1 saturated heterocycles. The summed E-state index contributed by atoms with van der Waals surface area (Å²) in [5.74, 6) is 4.03. The highest BCUT2D eigenvalue weighted by molar-refractivity contribution is 8.00. The maximum absolute atomic E-state index is 5.97. The summed E-state index contributed by atoms with van der Waals surface area (Å²) in [4.78, 5) is 7.61. The van der Waals surface area contributed by atoms with E-state index in [1.165, 1.54) is 53.8 Å². The smallest absolute Gasteiger partial charge is 0.232 e. The van der Waals surface area contributed by atoms with Crippen LogP contribution in [0, 0.1) is 0 Å². The number of nitrogens with one attached hydrogen (secondary N) is 1. The summed E-state index contributed by atoms with van der Waals surface area (Å²) < 4.78 is 20.3. The van der Waals surface area contributed by atoms with E-state index in [4.69, 9.17) is 14.0 Å². The van der Waals surface area contributed by atoms with Crippen LogP contribution in [0.1, 0.15) is 30.4 Å². The molecule has 1 N–H and O–H groups in total. The molecule has 9 heteroatoms. The summed E-state index contributed by atoms with van der Waals surface area (Å²) in [6.07, 6.45) is 8.49. The topological polar surface area (TPSA) is 72.6 Å². The van der Waals surface area contributed by atoms with Crippen LogP contribution in [0.15, 0.2) is 39.9 Å². The zero-order chi connectivity index (χ0) is 23.3. The first-order valence-corrected chi connectivity index (χ1v) is 13.8. The Morgan fingerprint density at radius 2 is 2.12 bits per heavy atom. The van der Waals surface area contributed by atoms with Gasteiger partial charge >= 0.3 is 0 Å². The molecule has 7 nitrogen and oxygen atoms in total. The molecule has 2 aromatic heterocycles. The van der Waals surface area contributed by atoms with Gasteiger partial charge in [-0.1, -0.05) is 11.2 Å². The average molecular weight is 497 g/mol. The summed E-state index contributed by atoms with van der Waals surface area (Å²) >= 11 is 3.31. The maximum atomic E-state index is 5.97. The SMILES string of the molecule is COc1ccnc(OC)c1SNc1noc2c1CC1(CC1)c1ccc(N3CCC3CSC)cc1-2. The predicted octanol–water partition coefficient (Wildman–Crippen LogP) is 5.40. The number of thioether (sulfide) groups is 1. The quantitative estimate of drug-likeness (QED) is 0.413. The van der Waals surface area contributed by atoms with Crippen LogP contribution in [0.25, 0.3) is 11.3 Å². The Labute approximate surface area is 208 Å². The van der Waals surface area contributed by atoms with Crippen LogP contribution in [0.3, 0.4) is 0 Å². The molecule has 1 aromatic carbocycles. The molecule has 1 unspecified atom stereocenters. The van der Waals surface area contributed by atoms with Gasteiger partial charge in [0, 0.05) is 46.8 Å². The molecule has 2 fully saturated rings. The van der Waals surface area contributed by atoms with Crippen LogP contribution < -0.4 is 19.1 Å². The number of nitrogens with zero attached hydrogens (tertiary/aromatic N) is 3. The van der Waals surface area contributed by atoms with Crippen molar-refractivity contribution in [3.63, 3.8) is 0 Å². The second-order valence-electron chi connectivity index (χ2n) is 9.17. The monoisotopic (exact) mass is 496 g/mol. The van der Waals surface area contributed by atoms with E-state index in [9.17, 15) is 0 Å². The van der Waals surface area contributed by atoms with E-state index in [0.29, 0.717) is 17.7 Å². The highest BCUT2D eigenvalue weighted by Crippen LogP contribution is 2.59. The zero-order valence-corrected chi connectivity index (χ0v) is 21.2. The van der Waals surface area contributed by atoms with Crippen LogP contribution in [-0.2, 0) is 11.8 Å². The number of aromatic nitrogens is 2. The first kappa shape index (κ1) is 22.0. The van der Waals surface area contributed by atoms with Gasteiger partial charge in [0.25, 0.3) is 0 Å². The summed E-state index contributed by atoms with van der Waals surface area (Å²) in [5, 5.41) is 4.44. The lowest BCUT2D eigenvalue weighted by Gasteiger charge is -2.43. The number of hydrogen-bond donors (Lipinski definition) is 1. The van der Waals surface area contributed by atoms with E-state index < -0.39 is 0 Å². The van der Waals surface area contributed by atoms with Crippen molar-refractivity contribution >= 4 is 35.2 Å².